The number of ether oxygens (including phenoxy) is 4. The molecule has 0 fully saturated rings. The number of carbonyl (C=O) groups is 1. The predicted octanol–water partition coefficient (Wildman–Crippen LogP) is 3.73. The molecular weight excluding hydrogens is 346 g/mol. The lowest BCUT2D eigenvalue weighted by molar-refractivity contribution is 0.103. The van der Waals surface area contributed by atoms with Crippen LogP contribution in [0.5, 0.6) is 23.0 Å². The maximum atomic E-state index is 12.9. The Morgan fingerprint density at radius 1 is 1.11 bits per heavy atom. The number of Topliss-reactive ketones (excluding diaryl/α,β-unsaturated/α-hetero) is 1. The van der Waals surface area contributed by atoms with Crippen LogP contribution in [0.3, 0.4) is 0 Å². The average molecular weight is 369 g/mol. The lowest BCUT2D eigenvalue weighted by Crippen LogP contribution is -2.16. The van der Waals surface area contributed by atoms with Crippen molar-refractivity contribution in [1.82, 2.24) is 0 Å². The molecule has 27 heavy (non-hydrogen) atoms. The Labute approximate surface area is 158 Å². The van der Waals surface area contributed by atoms with Crippen LogP contribution < -0.4 is 24.7 Å². The maximum absolute atomic E-state index is 12.9. The molecule has 1 heterocycles. The average Bonchev–Trinajstić information content (AvgIpc) is 2.70. The molecule has 0 amide bonds. The minimum Gasteiger partial charge on any atom is -0.495 e. The minimum absolute atomic E-state index is 0.0827. The number of ketones is 1. The van der Waals surface area contributed by atoms with E-state index in [1.165, 1.54) is 0 Å². The number of carbonyl (C=O) groups excluding carboxylic acids is 1. The summed E-state index contributed by atoms with van der Waals surface area (Å²) in [6.07, 6.45) is 2.41. The number of methoxy groups -OCH3 is 2. The molecule has 2 aromatic rings. The first kappa shape index (κ1) is 18.6. The number of nitrogens with two attached hydrogens (primary N) is 1. The van der Waals surface area contributed by atoms with Crippen LogP contribution in [0.4, 0.5) is 5.69 Å². The maximum Gasteiger partial charge on any atom is 0.203 e. The molecule has 6 nitrogen and oxygen atoms in total. The molecule has 0 atom stereocenters. The Balaban J connectivity index is 1.96. The van der Waals surface area contributed by atoms with Crippen LogP contribution >= 0.6 is 0 Å². The zero-order valence-electron chi connectivity index (χ0n) is 15.7. The van der Waals surface area contributed by atoms with Gasteiger partial charge in [-0.3, -0.25) is 4.79 Å². The van der Waals surface area contributed by atoms with Crippen molar-refractivity contribution in [3.63, 3.8) is 0 Å². The Hall–Kier alpha value is -3.15. The van der Waals surface area contributed by atoms with Crippen LogP contribution in [0.2, 0.25) is 0 Å². The standard InChI is InChI=1S/C21H23NO5/c1-4-14(20(23)15-5-6-17(24-2)16(22)12-15)9-13-10-18(25-3)21-19(11-13)26-7-8-27-21/h5-6,9-12H,4,7-8,22H2,1-3H3/b14-9+. The van der Waals surface area contributed by atoms with Gasteiger partial charge < -0.3 is 24.7 Å². The van der Waals surface area contributed by atoms with Crippen molar-refractivity contribution in [2.24, 2.45) is 0 Å². The quantitative estimate of drug-likeness (QED) is 0.475. The molecule has 3 rings (SSSR count). The van der Waals surface area contributed by atoms with E-state index in [-0.39, 0.29) is 5.78 Å². The third-order valence-corrected chi connectivity index (χ3v) is 4.36. The number of allylic oxidation sites excluding steroid dienone is 1. The number of hydrogen-bond donors (Lipinski definition) is 1. The second kappa shape index (κ2) is 8.03. The third-order valence-electron chi connectivity index (χ3n) is 4.36. The number of benzene rings is 2. The summed E-state index contributed by atoms with van der Waals surface area (Å²) in [5, 5.41) is 0. The van der Waals surface area contributed by atoms with Crippen molar-refractivity contribution in [1.29, 1.82) is 0 Å². The Kier molecular flexibility index (Phi) is 5.54. The Morgan fingerprint density at radius 2 is 1.85 bits per heavy atom. The second-order valence-electron chi connectivity index (χ2n) is 6.06. The lowest BCUT2D eigenvalue weighted by Gasteiger charge is -2.21. The molecule has 0 radical (unpaired) electrons. The van der Waals surface area contributed by atoms with Gasteiger partial charge in [0.05, 0.1) is 19.9 Å². The highest BCUT2D eigenvalue weighted by atomic mass is 16.6. The molecule has 142 valence electrons. The van der Waals surface area contributed by atoms with E-state index in [4.69, 9.17) is 24.7 Å². The van der Waals surface area contributed by atoms with Crippen molar-refractivity contribution in [3.05, 3.63) is 47.0 Å². The van der Waals surface area contributed by atoms with E-state index in [1.807, 2.05) is 25.1 Å². The van der Waals surface area contributed by atoms with Gasteiger partial charge in [-0.1, -0.05) is 6.92 Å². The van der Waals surface area contributed by atoms with Gasteiger partial charge in [-0.25, -0.2) is 0 Å². The molecule has 0 aromatic heterocycles. The van der Waals surface area contributed by atoms with Gasteiger partial charge in [0.15, 0.2) is 17.3 Å². The number of hydrogen-bond acceptors (Lipinski definition) is 6. The number of rotatable bonds is 6. The summed E-state index contributed by atoms with van der Waals surface area (Å²) >= 11 is 0. The summed E-state index contributed by atoms with van der Waals surface area (Å²) in [5.41, 5.74) is 8.34. The van der Waals surface area contributed by atoms with Crippen molar-refractivity contribution >= 4 is 17.5 Å². The summed E-state index contributed by atoms with van der Waals surface area (Å²) in [4.78, 5) is 12.9. The van der Waals surface area contributed by atoms with E-state index in [1.54, 1.807) is 32.4 Å². The van der Waals surface area contributed by atoms with Crippen molar-refractivity contribution < 1.29 is 23.7 Å². The van der Waals surface area contributed by atoms with E-state index in [0.29, 0.717) is 59.5 Å². The first-order valence-electron chi connectivity index (χ1n) is 8.73. The number of fused-ring (bicyclic) bond motifs is 1. The fourth-order valence-corrected chi connectivity index (χ4v) is 2.97. The summed E-state index contributed by atoms with van der Waals surface area (Å²) < 4.78 is 21.8. The fraction of sp³-hybridized carbons (Fsp3) is 0.286. The molecule has 1 aliphatic rings. The van der Waals surface area contributed by atoms with Gasteiger partial charge >= 0.3 is 0 Å². The van der Waals surface area contributed by atoms with Crippen LogP contribution in [-0.2, 0) is 0 Å². The molecule has 0 spiro atoms. The molecule has 0 bridgehead atoms. The summed E-state index contributed by atoms with van der Waals surface area (Å²) in [5.74, 6) is 2.25. The second-order valence-corrected chi connectivity index (χ2v) is 6.06. The first-order chi connectivity index (χ1) is 13.1. The van der Waals surface area contributed by atoms with Crippen molar-refractivity contribution in [2.45, 2.75) is 13.3 Å². The molecule has 0 saturated heterocycles. The molecule has 0 unspecified atom stereocenters. The molecule has 0 saturated carbocycles. The van der Waals surface area contributed by atoms with E-state index in [9.17, 15) is 4.79 Å². The van der Waals surface area contributed by atoms with Crippen LogP contribution in [-0.4, -0.2) is 33.2 Å². The van der Waals surface area contributed by atoms with Gasteiger partial charge in [-0.05, 0) is 48.4 Å². The number of anilines is 1. The van der Waals surface area contributed by atoms with Crippen molar-refractivity contribution in [3.8, 4) is 23.0 Å². The monoisotopic (exact) mass is 369 g/mol. The molecular formula is C21H23NO5. The molecule has 2 aromatic carbocycles. The lowest BCUT2D eigenvalue weighted by atomic mass is 9.98. The van der Waals surface area contributed by atoms with Gasteiger partial charge in [0, 0.05) is 11.1 Å². The van der Waals surface area contributed by atoms with Crippen molar-refractivity contribution in [2.75, 3.05) is 33.2 Å². The summed E-state index contributed by atoms with van der Waals surface area (Å²) in [6, 6.07) is 8.73. The molecule has 2 N–H and O–H groups in total. The zero-order valence-corrected chi connectivity index (χ0v) is 15.7. The van der Waals surface area contributed by atoms with Gasteiger partial charge in [-0.15, -0.1) is 0 Å². The van der Waals surface area contributed by atoms with E-state index in [0.717, 1.165) is 5.56 Å². The van der Waals surface area contributed by atoms with Crippen LogP contribution in [0.15, 0.2) is 35.9 Å². The smallest absolute Gasteiger partial charge is 0.203 e. The van der Waals surface area contributed by atoms with Gasteiger partial charge in [0.2, 0.25) is 5.75 Å². The van der Waals surface area contributed by atoms with E-state index in [2.05, 4.69) is 0 Å². The summed E-state index contributed by atoms with van der Waals surface area (Å²) in [6.45, 7) is 2.90. The Morgan fingerprint density at radius 3 is 2.52 bits per heavy atom. The Bertz CT molecular complexity index is 871. The predicted molar refractivity (Wildman–Crippen MR) is 104 cm³/mol. The van der Waals surface area contributed by atoms with Gasteiger partial charge in [0.1, 0.15) is 19.0 Å². The zero-order chi connectivity index (χ0) is 19.4. The van der Waals surface area contributed by atoms with Crippen LogP contribution in [0, 0.1) is 0 Å². The SMILES string of the molecule is CC/C(=C\c1cc(OC)c2c(c1)OCCO2)C(=O)c1ccc(OC)c(N)c1. The topological polar surface area (TPSA) is 80.0 Å². The highest BCUT2D eigenvalue weighted by Crippen LogP contribution is 2.41. The fourth-order valence-electron chi connectivity index (χ4n) is 2.97. The molecule has 6 heteroatoms. The minimum atomic E-state index is -0.0827. The molecule has 1 aliphatic heterocycles. The third kappa shape index (κ3) is 3.84. The highest BCUT2D eigenvalue weighted by molar-refractivity contribution is 6.11. The normalized spacial score (nSPS) is 13.2. The van der Waals surface area contributed by atoms with E-state index >= 15 is 0 Å². The summed E-state index contributed by atoms with van der Waals surface area (Å²) in [7, 11) is 3.12. The molecule has 0 aliphatic carbocycles. The first-order valence-corrected chi connectivity index (χ1v) is 8.73. The largest absolute Gasteiger partial charge is 0.495 e. The van der Waals surface area contributed by atoms with E-state index < -0.39 is 0 Å². The van der Waals surface area contributed by atoms with Gasteiger partial charge in [-0.2, -0.15) is 0 Å². The van der Waals surface area contributed by atoms with Gasteiger partial charge in [0.25, 0.3) is 0 Å². The number of nitrogen functional groups attached to an aromatic ring is 1. The van der Waals surface area contributed by atoms with Crippen LogP contribution in [0.25, 0.3) is 6.08 Å². The van der Waals surface area contributed by atoms with Crippen LogP contribution in [0.1, 0.15) is 29.3 Å². The highest BCUT2D eigenvalue weighted by Gasteiger charge is 2.19.